The monoisotopic (exact) mass is 213 g/mol. The molecule has 3 N–H and O–H groups in total. The number of anilines is 1. The van der Waals surface area contributed by atoms with Crippen LogP contribution in [0.1, 0.15) is 13.3 Å². The first-order valence-electron chi connectivity index (χ1n) is 4.24. The summed E-state index contributed by atoms with van der Waals surface area (Å²) in [6.45, 7) is 1.87. The Morgan fingerprint density at radius 1 is 1.71 bits per heavy atom. The third kappa shape index (κ3) is 3.62. The number of hydrogen-bond donors (Lipinski definition) is 2. The van der Waals surface area contributed by atoms with Crippen LogP contribution in [-0.4, -0.2) is 16.9 Å². The first-order valence-corrected chi connectivity index (χ1v) is 4.62. The Hall–Kier alpha value is -1.29. The largest absolute Gasteiger partial charge is 0.381 e. The van der Waals surface area contributed by atoms with E-state index < -0.39 is 0 Å². The van der Waals surface area contributed by atoms with Gasteiger partial charge in [0.2, 0.25) is 5.91 Å². The van der Waals surface area contributed by atoms with Gasteiger partial charge < -0.3 is 11.1 Å². The van der Waals surface area contributed by atoms with E-state index in [-0.39, 0.29) is 11.9 Å². The fraction of sp³-hybridized carbons (Fsp3) is 0.333. The number of nitrogens with one attached hydrogen (secondary N) is 1. The van der Waals surface area contributed by atoms with Gasteiger partial charge in [0.15, 0.2) is 0 Å². The van der Waals surface area contributed by atoms with Gasteiger partial charge in [-0.05, 0) is 19.1 Å². The zero-order valence-electron chi connectivity index (χ0n) is 7.83. The number of amides is 1. The van der Waals surface area contributed by atoms with Crippen molar-refractivity contribution in [2.45, 2.75) is 19.4 Å². The second kappa shape index (κ2) is 4.81. The molecule has 0 aliphatic heterocycles. The minimum absolute atomic E-state index is 0.00419. The van der Waals surface area contributed by atoms with Gasteiger partial charge in [-0.25, -0.2) is 4.98 Å². The lowest BCUT2D eigenvalue weighted by Gasteiger charge is -2.12. The number of rotatable bonds is 4. The average Bonchev–Trinajstić information content (AvgIpc) is 2.07. The molecule has 0 fully saturated rings. The van der Waals surface area contributed by atoms with Crippen LogP contribution in [0.15, 0.2) is 18.3 Å². The normalized spacial score (nSPS) is 12.1. The molecule has 14 heavy (non-hydrogen) atoms. The predicted molar refractivity (Wildman–Crippen MR) is 56.1 cm³/mol. The van der Waals surface area contributed by atoms with Crippen LogP contribution in [0.4, 0.5) is 5.69 Å². The van der Waals surface area contributed by atoms with Crippen LogP contribution in [0.5, 0.6) is 0 Å². The van der Waals surface area contributed by atoms with Gasteiger partial charge in [0.05, 0.1) is 11.9 Å². The fourth-order valence-electron chi connectivity index (χ4n) is 1.10. The Morgan fingerprint density at radius 3 is 2.93 bits per heavy atom. The SMILES string of the molecule is CC(CC(N)=O)Nc1ccc(Cl)nc1. The molecule has 0 aliphatic rings. The number of carbonyl (C=O) groups excluding carboxylic acids is 1. The van der Waals surface area contributed by atoms with Crippen molar-refractivity contribution in [2.24, 2.45) is 5.73 Å². The van der Waals surface area contributed by atoms with Gasteiger partial charge in [-0.15, -0.1) is 0 Å². The van der Waals surface area contributed by atoms with Crippen LogP contribution in [-0.2, 0) is 4.79 Å². The van der Waals surface area contributed by atoms with E-state index in [9.17, 15) is 4.79 Å². The van der Waals surface area contributed by atoms with Crippen molar-refractivity contribution in [2.75, 3.05) is 5.32 Å². The molecule has 1 aromatic rings. The molecule has 0 saturated heterocycles. The number of hydrogen-bond acceptors (Lipinski definition) is 3. The van der Waals surface area contributed by atoms with Crippen LogP contribution < -0.4 is 11.1 Å². The van der Waals surface area contributed by atoms with Gasteiger partial charge in [0.25, 0.3) is 0 Å². The third-order valence-electron chi connectivity index (χ3n) is 1.65. The number of nitrogens with two attached hydrogens (primary N) is 1. The second-order valence-corrected chi connectivity index (χ2v) is 3.47. The zero-order chi connectivity index (χ0) is 10.6. The topological polar surface area (TPSA) is 68.0 Å². The highest BCUT2D eigenvalue weighted by Crippen LogP contribution is 2.11. The molecule has 0 spiro atoms. The molecule has 1 heterocycles. The van der Waals surface area contributed by atoms with E-state index in [4.69, 9.17) is 17.3 Å². The summed E-state index contributed by atoms with van der Waals surface area (Å²) >= 11 is 5.62. The highest BCUT2D eigenvalue weighted by molar-refractivity contribution is 6.29. The summed E-state index contributed by atoms with van der Waals surface area (Å²) in [6, 6.07) is 3.48. The Bertz CT molecular complexity index is 312. The van der Waals surface area contributed by atoms with Crippen molar-refractivity contribution >= 4 is 23.2 Å². The minimum atomic E-state index is -0.327. The zero-order valence-corrected chi connectivity index (χ0v) is 8.58. The number of aromatic nitrogens is 1. The number of halogens is 1. The molecule has 4 nitrogen and oxygen atoms in total. The maximum atomic E-state index is 10.6. The summed E-state index contributed by atoms with van der Waals surface area (Å²) < 4.78 is 0. The Morgan fingerprint density at radius 2 is 2.43 bits per heavy atom. The molecule has 0 bridgehead atoms. The third-order valence-corrected chi connectivity index (χ3v) is 1.87. The van der Waals surface area contributed by atoms with Crippen LogP contribution in [0.2, 0.25) is 5.15 Å². The van der Waals surface area contributed by atoms with Crippen molar-refractivity contribution in [1.82, 2.24) is 4.98 Å². The quantitative estimate of drug-likeness (QED) is 0.744. The van der Waals surface area contributed by atoms with Crippen molar-refractivity contribution in [1.29, 1.82) is 0 Å². The van der Waals surface area contributed by atoms with Crippen molar-refractivity contribution in [3.63, 3.8) is 0 Å². The molecular formula is C9H12ClN3O. The lowest BCUT2D eigenvalue weighted by molar-refractivity contribution is -0.118. The van der Waals surface area contributed by atoms with E-state index >= 15 is 0 Å². The molecule has 1 unspecified atom stereocenters. The molecule has 1 atom stereocenters. The Labute approximate surface area is 87.5 Å². The molecular weight excluding hydrogens is 202 g/mol. The molecule has 1 aromatic heterocycles. The molecule has 0 radical (unpaired) electrons. The Kier molecular flexibility index (Phi) is 3.71. The van der Waals surface area contributed by atoms with Gasteiger partial charge in [-0.1, -0.05) is 11.6 Å². The van der Waals surface area contributed by atoms with Crippen LogP contribution in [0.3, 0.4) is 0 Å². The molecule has 5 heteroatoms. The van der Waals surface area contributed by atoms with Crippen molar-refractivity contribution < 1.29 is 4.79 Å². The van der Waals surface area contributed by atoms with E-state index in [0.29, 0.717) is 11.6 Å². The minimum Gasteiger partial charge on any atom is -0.381 e. The van der Waals surface area contributed by atoms with Crippen LogP contribution in [0.25, 0.3) is 0 Å². The molecule has 1 rings (SSSR count). The summed E-state index contributed by atoms with van der Waals surface area (Å²) in [5, 5.41) is 3.52. The van der Waals surface area contributed by atoms with Gasteiger partial charge in [-0.2, -0.15) is 0 Å². The van der Waals surface area contributed by atoms with E-state index in [1.807, 2.05) is 6.92 Å². The van der Waals surface area contributed by atoms with Gasteiger partial charge in [0.1, 0.15) is 5.15 Å². The molecule has 0 aliphatic carbocycles. The predicted octanol–water partition coefficient (Wildman–Crippen LogP) is 1.41. The summed E-state index contributed by atoms with van der Waals surface area (Å²) in [5.41, 5.74) is 5.88. The standard InChI is InChI=1S/C9H12ClN3O/c1-6(4-9(11)14)13-7-2-3-8(10)12-5-7/h2-3,5-6,13H,4H2,1H3,(H2,11,14). The maximum Gasteiger partial charge on any atom is 0.219 e. The number of carbonyl (C=O) groups is 1. The molecule has 0 aromatic carbocycles. The highest BCUT2D eigenvalue weighted by Gasteiger charge is 2.05. The number of pyridine rings is 1. The second-order valence-electron chi connectivity index (χ2n) is 3.09. The average molecular weight is 214 g/mol. The van der Waals surface area contributed by atoms with Crippen molar-refractivity contribution in [3.8, 4) is 0 Å². The summed E-state index contributed by atoms with van der Waals surface area (Å²) in [4.78, 5) is 14.5. The van der Waals surface area contributed by atoms with Gasteiger partial charge >= 0.3 is 0 Å². The van der Waals surface area contributed by atoms with E-state index in [1.165, 1.54) is 0 Å². The fourth-order valence-corrected chi connectivity index (χ4v) is 1.21. The van der Waals surface area contributed by atoms with Gasteiger partial charge in [0, 0.05) is 12.5 Å². The summed E-state index contributed by atoms with van der Waals surface area (Å²) in [5.74, 6) is -0.327. The molecule has 1 amide bonds. The van der Waals surface area contributed by atoms with Gasteiger partial charge in [-0.3, -0.25) is 4.79 Å². The van der Waals surface area contributed by atoms with Crippen LogP contribution in [0, 0.1) is 0 Å². The molecule has 0 saturated carbocycles. The molecule has 76 valence electrons. The highest BCUT2D eigenvalue weighted by atomic mass is 35.5. The smallest absolute Gasteiger partial charge is 0.219 e. The van der Waals surface area contributed by atoms with Crippen LogP contribution >= 0.6 is 11.6 Å². The lowest BCUT2D eigenvalue weighted by Crippen LogP contribution is -2.23. The van der Waals surface area contributed by atoms with Crippen molar-refractivity contribution in [3.05, 3.63) is 23.5 Å². The first-order chi connectivity index (χ1) is 6.58. The first kappa shape index (κ1) is 10.8. The summed E-state index contributed by atoms with van der Waals surface area (Å²) in [7, 11) is 0. The summed E-state index contributed by atoms with van der Waals surface area (Å²) in [6.07, 6.45) is 1.91. The number of nitrogens with zero attached hydrogens (tertiary/aromatic N) is 1. The number of primary amides is 1. The maximum absolute atomic E-state index is 10.6. The van der Waals surface area contributed by atoms with E-state index in [0.717, 1.165) is 5.69 Å². The Balaban J connectivity index is 2.51. The van der Waals surface area contributed by atoms with E-state index in [2.05, 4.69) is 10.3 Å². The lowest BCUT2D eigenvalue weighted by atomic mass is 10.2. The van der Waals surface area contributed by atoms with E-state index in [1.54, 1.807) is 18.3 Å².